The number of aryl methyl sites for hydroxylation is 3. The maximum absolute atomic E-state index is 12.8. The van der Waals surface area contributed by atoms with Gasteiger partial charge in [0.2, 0.25) is 5.91 Å². The zero-order chi connectivity index (χ0) is 19.0. The van der Waals surface area contributed by atoms with Crippen LogP contribution in [0.1, 0.15) is 23.4 Å². The molecule has 3 heterocycles. The lowest BCUT2D eigenvalue weighted by Crippen LogP contribution is -2.33. The summed E-state index contributed by atoms with van der Waals surface area (Å²) in [4.78, 5) is 23.5. The number of aromatic nitrogens is 4. The second-order valence-corrected chi connectivity index (χ2v) is 6.91. The molecular formula is C20H22N6O. The molecule has 0 aliphatic carbocycles. The average Bonchev–Trinajstić information content (AvgIpc) is 3.18. The summed E-state index contributed by atoms with van der Waals surface area (Å²) in [5.74, 6) is 1.26. The van der Waals surface area contributed by atoms with Gasteiger partial charge >= 0.3 is 0 Å². The molecule has 1 saturated heterocycles. The number of nitrogens with one attached hydrogen (secondary N) is 1. The number of nitrogens with zero attached hydrogens (tertiary/aromatic N) is 5. The van der Waals surface area contributed by atoms with Gasteiger partial charge in [-0.3, -0.25) is 9.78 Å². The van der Waals surface area contributed by atoms with Gasteiger partial charge in [-0.2, -0.15) is 5.10 Å². The lowest BCUT2D eigenvalue weighted by Gasteiger charge is -2.17. The molecule has 7 nitrogen and oxygen atoms in total. The van der Waals surface area contributed by atoms with E-state index in [9.17, 15) is 4.79 Å². The molecule has 1 aliphatic rings. The van der Waals surface area contributed by atoms with Crippen LogP contribution in [0.25, 0.3) is 5.82 Å². The van der Waals surface area contributed by atoms with Gasteiger partial charge < -0.3 is 10.2 Å². The Hall–Kier alpha value is -3.22. The summed E-state index contributed by atoms with van der Waals surface area (Å²) in [6.45, 7) is 6.64. The fourth-order valence-electron chi connectivity index (χ4n) is 3.36. The zero-order valence-electron chi connectivity index (χ0n) is 15.7. The fraction of sp³-hybridized carbons (Fsp3) is 0.300. The quantitative estimate of drug-likeness (QED) is 0.772. The first-order valence-corrected chi connectivity index (χ1v) is 9.01. The molecule has 1 unspecified atom stereocenters. The molecule has 0 saturated carbocycles. The topological polar surface area (TPSA) is 75.9 Å². The van der Waals surface area contributed by atoms with E-state index >= 15 is 0 Å². The largest absolute Gasteiger partial charge is 0.357 e. The Balaban J connectivity index is 1.51. The number of hydrogen-bond donors (Lipinski definition) is 1. The van der Waals surface area contributed by atoms with E-state index in [2.05, 4.69) is 20.4 Å². The minimum Gasteiger partial charge on any atom is -0.357 e. The Morgan fingerprint density at radius 3 is 2.59 bits per heavy atom. The molecule has 0 radical (unpaired) electrons. The number of carbonyl (C=O) groups excluding carboxylic acids is 1. The van der Waals surface area contributed by atoms with Crippen molar-refractivity contribution < 1.29 is 4.79 Å². The highest BCUT2D eigenvalue weighted by Gasteiger charge is 2.32. The van der Waals surface area contributed by atoms with Crippen LogP contribution in [0.4, 0.5) is 11.5 Å². The van der Waals surface area contributed by atoms with E-state index in [-0.39, 0.29) is 11.9 Å². The van der Waals surface area contributed by atoms with Gasteiger partial charge in [-0.15, -0.1) is 0 Å². The van der Waals surface area contributed by atoms with Crippen molar-refractivity contribution in [2.75, 3.05) is 16.8 Å². The highest BCUT2D eigenvalue weighted by molar-refractivity contribution is 6.00. The van der Waals surface area contributed by atoms with E-state index in [1.807, 2.05) is 56.0 Å². The number of anilines is 2. The van der Waals surface area contributed by atoms with Crippen molar-refractivity contribution in [2.45, 2.75) is 33.2 Å². The number of amides is 1. The summed E-state index contributed by atoms with van der Waals surface area (Å²) >= 11 is 0. The first-order chi connectivity index (χ1) is 13.0. The number of rotatable bonds is 4. The van der Waals surface area contributed by atoms with Crippen LogP contribution >= 0.6 is 0 Å². The van der Waals surface area contributed by atoms with Crippen LogP contribution in [0.3, 0.4) is 0 Å². The third-order valence-corrected chi connectivity index (χ3v) is 4.72. The van der Waals surface area contributed by atoms with Crippen LogP contribution in [0, 0.1) is 20.8 Å². The normalized spacial score (nSPS) is 16.8. The standard InChI is InChI=1S/C20H22N6O/c1-13-4-6-16(7-5-13)25-9-8-17(20(25)27)22-18-11-21-12-19(23-18)26-15(3)10-14(2)24-26/h4-7,10-12,17H,8-9H2,1-3H3,(H,22,23). The molecule has 1 aliphatic heterocycles. The van der Waals surface area contributed by atoms with Gasteiger partial charge in [0.15, 0.2) is 5.82 Å². The number of hydrogen-bond acceptors (Lipinski definition) is 5. The fourth-order valence-corrected chi connectivity index (χ4v) is 3.36. The highest BCUT2D eigenvalue weighted by Crippen LogP contribution is 2.24. The maximum atomic E-state index is 12.8. The molecule has 0 spiro atoms. The molecule has 1 aromatic carbocycles. The van der Waals surface area contributed by atoms with Gasteiger partial charge in [0.25, 0.3) is 0 Å². The molecular weight excluding hydrogens is 340 g/mol. The summed E-state index contributed by atoms with van der Waals surface area (Å²) in [5, 5.41) is 7.67. The predicted octanol–water partition coefficient (Wildman–Crippen LogP) is 2.80. The van der Waals surface area contributed by atoms with Crippen LogP contribution in [-0.2, 0) is 4.79 Å². The van der Waals surface area contributed by atoms with Crippen molar-refractivity contribution >= 4 is 17.4 Å². The average molecular weight is 362 g/mol. The molecule has 1 fully saturated rings. The van der Waals surface area contributed by atoms with Crippen LogP contribution in [0.2, 0.25) is 0 Å². The van der Waals surface area contributed by atoms with E-state index in [1.165, 1.54) is 5.56 Å². The van der Waals surface area contributed by atoms with E-state index in [4.69, 9.17) is 0 Å². The first kappa shape index (κ1) is 17.2. The summed E-state index contributed by atoms with van der Waals surface area (Å²) in [5.41, 5.74) is 4.02. The lowest BCUT2D eigenvalue weighted by atomic mass is 10.2. The first-order valence-electron chi connectivity index (χ1n) is 9.01. The third-order valence-electron chi connectivity index (χ3n) is 4.72. The Kier molecular flexibility index (Phi) is 4.35. The third kappa shape index (κ3) is 3.40. The van der Waals surface area contributed by atoms with Gasteiger partial charge in [-0.05, 0) is 45.4 Å². The molecule has 1 N–H and O–H groups in total. The molecule has 0 bridgehead atoms. The molecule has 1 amide bonds. The molecule has 4 rings (SSSR count). The monoisotopic (exact) mass is 362 g/mol. The predicted molar refractivity (Wildman–Crippen MR) is 104 cm³/mol. The van der Waals surface area contributed by atoms with E-state index in [0.29, 0.717) is 18.2 Å². The second kappa shape index (κ2) is 6.83. The minimum atomic E-state index is -0.309. The van der Waals surface area contributed by atoms with Crippen molar-refractivity contribution in [1.82, 2.24) is 19.7 Å². The van der Waals surface area contributed by atoms with Crippen molar-refractivity contribution in [3.8, 4) is 5.82 Å². The van der Waals surface area contributed by atoms with Crippen molar-refractivity contribution in [3.63, 3.8) is 0 Å². The van der Waals surface area contributed by atoms with Crippen molar-refractivity contribution in [3.05, 3.63) is 59.7 Å². The Labute approximate surface area is 158 Å². The summed E-state index contributed by atoms with van der Waals surface area (Å²) in [6.07, 6.45) is 4.02. The lowest BCUT2D eigenvalue weighted by molar-refractivity contribution is -0.117. The van der Waals surface area contributed by atoms with E-state index < -0.39 is 0 Å². The minimum absolute atomic E-state index is 0.0529. The Morgan fingerprint density at radius 1 is 1.11 bits per heavy atom. The number of benzene rings is 1. The van der Waals surface area contributed by atoms with Gasteiger partial charge in [0, 0.05) is 17.9 Å². The smallest absolute Gasteiger partial charge is 0.249 e. The summed E-state index contributed by atoms with van der Waals surface area (Å²) < 4.78 is 1.75. The van der Waals surface area contributed by atoms with Crippen LogP contribution < -0.4 is 10.2 Å². The Morgan fingerprint density at radius 2 is 1.89 bits per heavy atom. The van der Waals surface area contributed by atoms with Gasteiger partial charge in [0.05, 0.1) is 18.1 Å². The second-order valence-electron chi connectivity index (χ2n) is 6.91. The number of carbonyl (C=O) groups is 1. The van der Waals surface area contributed by atoms with Gasteiger partial charge in [0.1, 0.15) is 11.9 Å². The van der Waals surface area contributed by atoms with Crippen molar-refractivity contribution in [2.24, 2.45) is 0 Å². The summed E-state index contributed by atoms with van der Waals surface area (Å²) in [6, 6.07) is 9.69. The van der Waals surface area contributed by atoms with Crippen LogP contribution in [-0.4, -0.2) is 38.2 Å². The van der Waals surface area contributed by atoms with Gasteiger partial charge in [-0.1, -0.05) is 17.7 Å². The van der Waals surface area contributed by atoms with E-state index in [0.717, 1.165) is 23.5 Å². The van der Waals surface area contributed by atoms with Crippen LogP contribution in [0.15, 0.2) is 42.7 Å². The molecule has 138 valence electrons. The maximum Gasteiger partial charge on any atom is 0.249 e. The van der Waals surface area contributed by atoms with Gasteiger partial charge in [-0.25, -0.2) is 9.67 Å². The molecule has 3 aromatic rings. The molecule has 7 heteroatoms. The summed E-state index contributed by atoms with van der Waals surface area (Å²) in [7, 11) is 0. The van der Waals surface area contributed by atoms with Crippen LogP contribution in [0.5, 0.6) is 0 Å². The Bertz CT molecular complexity index is 978. The molecule has 27 heavy (non-hydrogen) atoms. The highest BCUT2D eigenvalue weighted by atomic mass is 16.2. The van der Waals surface area contributed by atoms with Crippen molar-refractivity contribution in [1.29, 1.82) is 0 Å². The SMILES string of the molecule is Cc1ccc(N2CCC(Nc3cncc(-n4nc(C)cc4C)n3)C2=O)cc1. The van der Waals surface area contributed by atoms with E-state index in [1.54, 1.807) is 17.1 Å². The zero-order valence-corrected chi connectivity index (χ0v) is 15.7. The molecule has 1 atom stereocenters. The molecule has 2 aromatic heterocycles.